The van der Waals surface area contributed by atoms with Crippen molar-refractivity contribution in [1.29, 1.82) is 0 Å². The van der Waals surface area contributed by atoms with Gasteiger partial charge in [-0.2, -0.15) is 0 Å². The van der Waals surface area contributed by atoms with Crippen molar-refractivity contribution in [2.24, 2.45) is 0 Å². The standard InChI is InChI=1S/C13H18ClNO/c1-4-16-13-8-6-5-7-12(13)11(3)15-9-10(2)14/h5-8,11,15H,2,4,9H2,1,3H3. The molecule has 1 unspecified atom stereocenters. The molecular formula is C13H18ClNO. The summed E-state index contributed by atoms with van der Waals surface area (Å²) in [6.07, 6.45) is 0. The van der Waals surface area contributed by atoms with Crippen molar-refractivity contribution < 1.29 is 4.74 Å². The summed E-state index contributed by atoms with van der Waals surface area (Å²) in [6, 6.07) is 8.21. The highest BCUT2D eigenvalue weighted by molar-refractivity contribution is 6.29. The van der Waals surface area contributed by atoms with E-state index >= 15 is 0 Å². The Morgan fingerprint density at radius 3 is 2.81 bits per heavy atom. The van der Waals surface area contributed by atoms with Crippen LogP contribution in [0.5, 0.6) is 5.75 Å². The second-order valence-electron chi connectivity index (χ2n) is 3.59. The van der Waals surface area contributed by atoms with Crippen molar-refractivity contribution in [1.82, 2.24) is 5.32 Å². The largest absolute Gasteiger partial charge is 0.494 e. The topological polar surface area (TPSA) is 21.3 Å². The van der Waals surface area contributed by atoms with Gasteiger partial charge < -0.3 is 10.1 Å². The van der Waals surface area contributed by atoms with Crippen LogP contribution in [-0.4, -0.2) is 13.2 Å². The highest BCUT2D eigenvalue weighted by atomic mass is 35.5. The molecule has 0 bridgehead atoms. The molecule has 0 aliphatic rings. The normalized spacial score (nSPS) is 12.2. The van der Waals surface area contributed by atoms with Crippen LogP contribution in [0.2, 0.25) is 0 Å². The first kappa shape index (κ1) is 13.1. The third-order valence-corrected chi connectivity index (χ3v) is 2.42. The molecule has 1 aromatic rings. The smallest absolute Gasteiger partial charge is 0.124 e. The first-order valence-corrected chi connectivity index (χ1v) is 5.81. The Labute approximate surface area is 102 Å². The number of para-hydroxylation sites is 1. The molecule has 1 atom stereocenters. The fourth-order valence-electron chi connectivity index (χ4n) is 1.50. The number of rotatable bonds is 6. The summed E-state index contributed by atoms with van der Waals surface area (Å²) < 4.78 is 5.57. The lowest BCUT2D eigenvalue weighted by atomic mass is 10.1. The maximum absolute atomic E-state index is 5.72. The predicted molar refractivity (Wildman–Crippen MR) is 69.0 cm³/mol. The predicted octanol–water partition coefficient (Wildman–Crippen LogP) is 3.49. The lowest BCUT2D eigenvalue weighted by Gasteiger charge is -2.17. The van der Waals surface area contributed by atoms with Crippen molar-refractivity contribution >= 4 is 11.6 Å². The molecule has 3 heteroatoms. The summed E-state index contributed by atoms with van der Waals surface area (Å²) >= 11 is 5.72. The monoisotopic (exact) mass is 239 g/mol. The highest BCUT2D eigenvalue weighted by Gasteiger charge is 2.10. The summed E-state index contributed by atoms with van der Waals surface area (Å²) in [5.74, 6) is 0.921. The Kier molecular flexibility index (Phi) is 5.36. The molecule has 0 aliphatic carbocycles. The van der Waals surface area contributed by atoms with Gasteiger partial charge in [0.05, 0.1) is 6.61 Å². The van der Waals surface area contributed by atoms with Gasteiger partial charge in [-0.05, 0) is 19.9 Å². The number of ether oxygens (including phenoxy) is 1. The summed E-state index contributed by atoms with van der Waals surface area (Å²) in [6.45, 7) is 8.99. The maximum Gasteiger partial charge on any atom is 0.124 e. The SMILES string of the molecule is C=C(Cl)CNC(C)c1ccccc1OCC. The molecule has 0 aliphatic heterocycles. The summed E-state index contributed by atoms with van der Waals surface area (Å²) in [7, 11) is 0. The molecule has 88 valence electrons. The molecule has 0 saturated heterocycles. The van der Waals surface area contributed by atoms with Gasteiger partial charge in [0.15, 0.2) is 0 Å². The van der Waals surface area contributed by atoms with Crippen LogP contribution >= 0.6 is 11.6 Å². The molecule has 0 heterocycles. The third-order valence-electron chi connectivity index (χ3n) is 2.29. The van der Waals surface area contributed by atoms with Gasteiger partial charge in [0.1, 0.15) is 5.75 Å². The number of nitrogens with one attached hydrogen (secondary N) is 1. The van der Waals surface area contributed by atoms with Crippen LogP contribution in [0.1, 0.15) is 25.5 Å². The quantitative estimate of drug-likeness (QED) is 0.821. The van der Waals surface area contributed by atoms with E-state index in [1.54, 1.807) is 0 Å². The van der Waals surface area contributed by atoms with Crippen molar-refractivity contribution in [3.63, 3.8) is 0 Å². The average Bonchev–Trinajstić information content (AvgIpc) is 2.27. The minimum atomic E-state index is 0.193. The van der Waals surface area contributed by atoms with E-state index in [0.717, 1.165) is 11.3 Å². The zero-order valence-electron chi connectivity index (χ0n) is 9.79. The molecule has 0 saturated carbocycles. The molecule has 2 nitrogen and oxygen atoms in total. The van der Waals surface area contributed by atoms with Crippen LogP contribution in [0.4, 0.5) is 0 Å². The van der Waals surface area contributed by atoms with Crippen molar-refractivity contribution in [3.05, 3.63) is 41.4 Å². The summed E-state index contributed by atoms with van der Waals surface area (Å²) in [5.41, 5.74) is 1.14. The van der Waals surface area contributed by atoms with Crippen molar-refractivity contribution in [2.75, 3.05) is 13.2 Å². The Morgan fingerprint density at radius 1 is 1.50 bits per heavy atom. The average molecular weight is 240 g/mol. The number of halogens is 1. The molecule has 0 amide bonds. The van der Waals surface area contributed by atoms with E-state index in [-0.39, 0.29) is 6.04 Å². The van der Waals surface area contributed by atoms with Crippen LogP contribution in [0, 0.1) is 0 Å². The van der Waals surface area contributed by atoms with Gasteiger partial charge in [0.2, 0.25) is 0 Å². The lowest BCUT2D eigenvalue weighted by molar-refractivity contribution is 0.333. The van der Waals surface area contributed by atoms with Gasteiger partial charge >= 0.3 is 0 Å². The van der Waals surface area contributed by atoms with Gasteiger partial charge in [0.25, 0.3) is 0 Å². The van der Waals surface area contributed by atoms with Crippen molar-refractivity contribution in [3.8, 4) is 5.75 Å². The van der Waals surface area contributed by atoms with E-state index in [4.69, 9.17) is 16.3 Å². The first-order valence-electron chi connectivity index (χ1n) is 5.43. The molecule has 1 rings (SSSR count). The summed E-state index contributed by atoms with van der Waals surface area (Å²) in [4.78, 5) is 0. The first-order chi connectivity index (χ1) is 7.65. The van der Waals surface area contributed by atoms with E-state index in [9.17, 15) is 0 Å². The van der Waals surface area contributed by atoms with E-state index < -0.39 is 0 Å². The maximum atomic E-state index is 5.72. The van der Waals surface area contributed by atoms with Crippen LogP contribution in [0.15, 0.2) is 35.9 Å². The number of hydrogen-bond donors (Lipinski definition) is 1. The van der Waals surface area contributed by atoms with Crippen molar-refractivity contribution in [2.45, 2.75) is 19.9 Å². The van der Waals surface area contributed by atoms with Gasteiger partial charge in [-0.25, -0.2) is 0 Å². The Hall–Kier alpha value is -0.990. The number of hydrogen-bond acceptors (Lipinski definition) is 2. The Balaban J connectivity index is 2.73. The molecule has 0 aromatic heterocycles. The Bertz CT molecular complexity index is 352. The highest BCUT2D eigenvalue weighted by Crippen LogP contribution is 2.24. The minimum absolute atomic E-state index is 0.193. The molecule has 1 aromatic carbocycles. The fourth-order valence-corrected chi connectivity index (χ4v) is 1.58. The third kappa shape index (κ3) is 3.87. The van der Waals surface area contributed by atoms with E-state index in [0.29, 0.717) is 18.2 Å². The van der Waals surface area contributed by atoms with E-state index in [1.807, 2.05) is 25.1 Å². The molecule has 0 spiro atoms. The molecule has 16 heavy (non-hydrogen) atoms. The van der Waals surface area contributed by atoms with Gasteiger partial charge in [0, 0.05) is 23.2 Å². The lowest BCUT2D eigenvalue weighted by Crippen LogP contribution is -2.20. The van der Waals surface area contributed by atoms with Crippen LogP contribution in [0.25, 0.3) is 0 Å². The van der Waals surface area contributed by atoms with Gasteiger partial charge in [-0.15, -0.1) is 0 Å². The zero-order valence-corrected chi connectivity index (χ0v) is 10.6. The second kappa shape index (κ2) is 6.56. The van der Waals surface area contributed by atoms with E-state index in [1.165, 1.54) is 0 Å². The molecule has 1 N–H and O–H groups in total. The zero-order chi connectivity index (χ0) is 12.0. The minimum Gasteiger partial charge on any atom is -0.494 e. The van der Waals surface area contributed by atoms with E-state index in [2.05, 4.69) is 24.9 Å². The number of benzene rings is 1. The van der Waals surface area contributed by atoms with Crippen LogP contribution < -0.4 is 10.1 Å². The molecule has 0 radical (unpaired) electrons. The second-order valence-corrected chi connectivity index (χ2v) is 4.13. The van der Waals surface area contributed by atoms with Gasteiger partial charge in [-0.1, -0.05) is 36.4 Å². The molecular weight excluding hydrogens is 222 g/mol. The fraction of sp³-hybridized carbons (Fsp3) is 0.385. The van der Waals surface area contributed by atoms with Crippen LogP contribution in [-0.2, 0) is 0 Å². The Morgan fingerprint density at radius 2 is 2.19 bits per heavy atom. The molecule has 0 fully saturated rings. The van der Waals surface area contributed by atoms with Crippen LogP contribution in [0.3, 0.4) is 0 Å². The van der Waals surface area contributed by atoms with Gasteiger partial charge in [-0.3, -0.25) is 0 Å². The summed E-state index contributed by atoms with van der Waals surface area (Å²) in [5, 5.41) is 3.90.